The van der Waals surface area contributed by atoms with Gasteiger partial charge in [-0.15, -0.1) is 0 Å². The first kappa shape index (κ1) is 24.2. The predicted octanol–water partition coefficient (Wildman–Crippen LogP) is 9.58. The average Bonchev–Trinajstić information content (AvgIpc) is 3.30. The van der Waals surface area contributed by atoms with E-state index in [-0.39, 0.29) is 5.41 Å². The molecule has 0 fully saturated rings. The van der Waals surface area contributed by atoms with Gasteiger partial charge in [0.15, 0.2) is 6.20 Å². The van der Waals surface area contributed by atoms with Gasteiger partial charge in [-0.1, -0.05) is 81.4 Å². The van der Waals surface area contributed by atoms with E-state index in [2.05, 4.69) is 141 Å². The third-order valence-corrected chi connectivity index (χ3v) is 8.71. The van der Waals surface area contributed by atoms with E-state index in [1.54, 1.807) is 0 Å². The maximum atomic E-state index is 7.11. The molecule has 2 aromatic heterocycles. The number of hydrogen-bond donors (Lipinski definition) is 0. The second-order valence-corrected chi connectivity index (χ2v) is 12.7. The van der Waals surface area contributed by atoms with Crippen molar-refractivity contribution in [2.75, 3.05) is 0 Å². The van der Waals surface area contributed by atoms with Gasteiger partial charge in [-0.25, -0.2) is 4.57 Å². The molecule has 1 aliphatic rings. The molecule has 0 N–H and O–H groups in total. The zero-order valence-electron chi connectivity index (χ0n) is 24.2. The maximum absolute atomic E-state index is 7.11. The van der Waals surface area contributed by atoms with Crippen molar-refractivity contribution in [2.45, 2.75) is 34.1 Å². The maximum Gasteiger partial charge on any atom is 0.228 e. The highest BCUT2D eigenvalue weighted by atomic mass is 16.5. The Morgan fingerprint density at radius 2 is 1.37 bits per heavy atom. The highest BCUT2D eigenvalue weighted by Crippen LogP contribution is 2.52. The molecular weight excluding hydrogens is 500 g/mol. The molecule has 0 bridgehead atoms. The second-order valence-electron chi connectivity index (χ2n) is 12.7. The SMILES string of the molecule is Cc1c2c(c(CC(C)(C)C)c3ccccc13)Oc1cc(-n3c4ccccc4c4ccccc43)cc3cc[n+](C)c-2c13. The van der Waals surface area contributed by atoms with Crippen molar-refractivity contribution >= 4 is 43.4 Å². The number of aryl methyl sites for hydroxylation is 2. The molecule has 0 saturated heterocycles. The lowest BCUT2D eigenvalue weighted by molar-refractivity contribution is -0.659. The van der Waals surface area contributed by atoms with Crippen molar-refractivity contribution in [3.05, 3.63) is 108 Å². The normalized spacial score (nSPS) is 12.8. The molecule has 0 saturated carbocycles. The van der Waals surface area contributed by atoms with Crippen LogP contribution in [0.15, 0.2) is 97.2 Å². The van der Waals surface area contributed by atoms with Gasteiger partial charge >= 0.3 is 0 Å². The van der Waals surface area contributed by atoms with Gasteiger partial charge in [-0.05, 0) is 53.3 Å². The van der Waals surface area contributed by atoms with Crippen LogP contribution in [-0.4, -0.2) is 4.57 Å². The first-order chi connectivity index (χ1) is 19.8. The van der Waals surface area contributed by atoms with Crippen LogP contribution in [0.2, 0.25) is 0 Å². The molecule has 0 unspecified atom stereocenters. The average molecular weight is 534 g/mol. The van der Waals surface area contributed by atoms with Gasteiger partial charge in [0.05, 0.1) is 27.7 Å². The Labute approximate surface area is 240 Å². The van der Waals surface area contributed by atoms with Crippen LogP contribution in [-0.2, 0) is 13.5 Å². The lowest BCUT2D eigenvalue weighted by atomic mass is 9.82. The number of benzene rings is 5. The standard InChI is InChI=1S/C38H33N2O/c1-23-26-12-6-7-13-27(26)30(22-38(2,3)4)37-34(23)36-35-24(18-19-39(36)5)20-25(21-33(35)41-37)40-31-16-10-8-14-28(31)29-15-9-11-17-32(29)40/h6-21H,22H2,1-5H3/q+1. The molecule has 1 aliphatic heterocycles. The van der Waals surface area contributed by atoms with Crippen molar-refractivity contribution in [3.63, 3.8) is 0 Å². The van der Waals surface area contributed by atoms with E-state index < -0.39 is 0 Å². The Kier molecular flexibility index (Phi) is 4.98. The summed E-state index contributed by atoms with van der Waals surface area (Å²) in [6.07, 6.45) is 3.13. The van der Waals surface area contributed by atoms with Gasteiger partial charge in [0, 0.05) is 33.9 Å². The largest absolute Gasteiger partial charge is 0.455 e. The molecule has 41 heavy (non-hydrogen) atoms. The minimum atomic E-state index is 0.106. The molecule has 8 rings (SSSR count). The van der Waals surface area contributed by atoms with E-state index in [0.717, 1.165) is 23.6 Å². The van der Waals surface area contributed by atoms with E-state index in [0.29, 0.717) is 0 Å². The van der Waals surface area contributed by atoms with Crippen LogP contribution in [0.25, 0.3) is 60.3 Å². The summed E-state index contributed by atoms with van der Waals surface area (Å²) in [6, 6.07) is 33.0. The molecule has 7 aromatic rings. The number of para-hydroxylation sites is 2. The van der Waals surface area contributed by atoms with Gasteiger partial charge in [0.2, 0.25) is 5.69 Å². The molecule has 0 spiro atoms. The molecule has 0 aliphatic carbocycles. The number of hydrogen-bond acceptors (Lipinski definition) is 1. The fourth-order valence-corrected chi connectivity index (χ4v) is 7.03. The summed E-state index contributed by atoms with van der Waals surface area (Å²) >= 11 is 0. The Morgan fingerprint density at radius 1 is 0.756 bits per heavy atom. The number of aromatic nitrogens is 2. The van der Waals surface area contributed by atoms with Crippen molar-refractivity contribution in [1.29, 1.82) is 0 Å². The fraction of sp³-hybridized carbons (Fsp3) is 0.184. The van der Waals surface area contributed by atoms with Crippen molar-refractivity contribution < 1.29 is 9.30 Å². The van der Waals surface area contributed by atoms with E-state index >= 15 is 0 Å². The number of rotatable bonds is 2. The van der Waals surface area contributed by atoms with Crippen LogP contribution in [0.1, 0.15) is 31.9 Å². The van der Waals surface area contributed by atoms with E-state index in [9.17, 15) is 0 Å². The van der Waals surface area contributed by atoms with Crippen molar-refractivity contribution in [1.82, 2.24) is 4.57 Å². The number of nitrogens with zero attached hydrogens (tertiary/aromatic N) is 2. The third-order valence-electron chi connectivity index (χ3n) is 8.71. The molecular formula is C38H33N2O+. The zero-order valence-corrected chi connectivity index (χ0v) is 24.2. The van der Waals surface area contributed by atoms with Gasteiger partial charge in [0.25, 0.3) is 0 Å². The first-order valence-corrected chi connectivity index (χ1v) is 14.5. The first-order valence-electron chi connectivity index (χ1n) is 14.5. The second kappa shape index (κ2) is 8.44. The smallest absolute Gasteiger partial charge is 0.228 e. The third kappa shape index (κ3) is 3.48. The molecule has 5 aromatic carbocycles. The molecule has 0 radical (unpaired) electrons. The highest BCUT2D eigenvalue weighted by Gasteiger charge is 2.34. The molecule has 0 amide bonds. The van der Waals surface area contributed by atoms with Gasteiger partial charge in [-0.3, -0.25) is 0 Å². The molecule has 200 valence electrons. The van der Waals surface area contributed by atoms with E-state index in [1.807, 2.05) is 0 Å². The Balaban J connectivity index is 1.48. The number of pyridine rings is 1. The highest BCUT2D eigenvalue weighted by molar-refractivity contribution is 6.11. The van der Waals surface area contributed by atoms with Gasteiger partial charge < -0.3 is 9.30 Å². The van der Waals surface area contributed by atoms with Crippen LogP contribution < -0.4 is 9.30 Å². The molecule has 3 heterocycles. The summed E-state index contributed by atoms with van der Waals surface area (Å²) < 4.78 is 11.8. The minimum absolute atomic E-state index is 0.106. The quantitative estimate of drug-likeness (QED) is 0.202. The number of ether oxygens (including phenoxy) is 1. The molecule has 3 nitrogen and oxygen atoms in total. The van der Waals surface area contributed by atoms with Crippen LogP contribution in [0.4, 0.5) is 0 Å². The lowest BCUT2D eigenvalue weighted by Gasteiger charge is -2.28. The summed E-state index contributed by atoms with van der Waals surface area (Å²) in [7, 11) is 2.16. The lowest BCUT2D eigenvalue weighted by Crippen LogP contribution is -2.32. The Bertz CT molecular complexity index is 2160. The zero-order chi connectivity index (χ0) is 28.0. The van der Waals surface area contributed by atoms with Crippen LogP contribution in [0.3, 0.4) is 0 Å². The van der Waals surface area contributed by atoms with E-state index in [4.69, 9.17) is 4.74 Å². The van der Waals surface area contributed by atoms with Gasteiger partial charge in [-0.2, -0.15) is 0 Å². The minimum Gasteiger partial charge on any atom is -0.455 e. The number of fused-ring (bicyclic) bond motifs is 6. The topological polar surface area (TPSA) is 18.0 Å². The van der Waals surface area contributed by atoms with Crippen LogP contribution in [0, 0.1) is 12.3 Å². The van der Waals surface area contributed by atoms with Crippen molar-refractivity contribution in [3.8, 4) is 28.4 Å². The Hall–Kier alpha value is -4.63. The fourth-order valence-electron chi connectivity index (χ4n) is 7.03. The predicted molar refractivity (Wildman–Crippen MR) is 170 cm³/mol. The monoisotopic (exact) mass is 533 g/mol. The van der Waals surface area contributed by atoms with Crippen LogP contribution >= 0.6 is 0 Å². The van der Waals surface area contributed by atoms with Gasteiger partial charge in [0.1, 0.15) is 18.5 Å². The Morgan fingerprint density at radius 3 is 2.02 bits per heavy atom. The van der Waals surface area contributed by atoms with Crippen LogP contribution in [0.5, 0.6) is 11.5 Å². The molecule has 3 heteroatoms. The molecule has 0 atom stereocenters. The summed E-state index contributed by atoms with van der Waals surface area (Å²) in [5.41, 5.74) is 8.63. The summed E-state index contributed by atoms with van der Waals surface area (Å²) in [5, 5.41) is 7.47. The van der Waals surface area contributed by atoms with E-state index in [1.165, 1.54) is 65.7 Å². The summed E-state index contributed by atoms with van der Waals surface area (Å²) in [6.45, 7) is 9.19. The summed E-state index contributed by atoms with van der Waals surface area (Å²) in [5.74, 6) is 1.92. The van der Waals surface area contributed by atoms with Crippen molar-refractivity contribution in [2.24, 2.45) is 12.5 Å². The summed E-state index contributed by atoms with van der Waals surface area (Å²) in [4.78, 5) is 0.